The zero-order valence-corrected chi connectivity index (χ0v) is 12.9. The Bertz CT molecular complexity index is 475. The molecule has 1 amide bonds. The molecule has 21 heavy (non-hydrogen) atoms. The lowest BCUT2D eigenvalue weighted by Crippen LogP contribution is -2.33. The predicted octanol–water partition coefficient (Wildman–Crippen LogP) is 2.71. The van der Waals surface area contributed by atoms with E-state index in [1.54, 1.807) is 24.3 Å². The summed E-state index contributed by atoms with van der Waals surface area (Å²) in [5, 5.41) is 2.78. The first-order valence-electron chi connectivity index (χ1n) is 7.18. The number of rotatable bonds is 7. The van der Waals surface area contributed by atoms with Gasteiger partial charge in [0.05, 0.1) is 12.2 Å². The van der Waals surface area contributed by atoms with Gasteiger partial charge in [-0.3, -0.25) is 4.79 Å². The molecule has 3 N–H and O–H groups in total. The number of esters is 1. The van der Waals surface area contributed by atoms with E-state index >= 15 is 0 Å². The van der Waals surface area contributed by atoms with E-state index in [2.05, 4.69) is 5.32 Å². The Morgan fingerprint density at radius 2 is 1.86 bits per heavy atom. The number of carbonyl (C=O) groups is 2. The molecule has 5 heteroatoms. The van der Waals surface area contributed by atoms with E-state index in [1.165, 1.54) is 0 Å². The second-order valence-corrected chi connectivity index (χ2v) is 5.75. The smallest absolute Gasteiger partial charge is 0.338 e. The zero-order valence-electron chi connectivity index (χ0n) is 12.9. The van der Waals surface area contributed by atoms with E-state index in [1.807, 2.05) is 20.8 Å². The molecule has 1 aromatic rings. The minimum atomic E-state index is -0.357. The third kappa shape index (κ3) is 6.90. The van der Waals surface area contributed by atoms with Gasteiger partial charge in [-0.2, -0.15) is 0 Å². The largest absolute Gasteiger partial charge is 0.462 e. The third-order valence-corrected chi connectivity index (χ3v) is 2.84. The fraction of sp³-hybridized carbons (Fsp3) is 0.500. The van der Waals surface area contributed by atoms with Gasteiger partial charge in [-0.15, -0.1) is 0 Å². The average molecular weight is 292 g/mol. The van der Waals surface area contributed by atoms with Crippen molar-refractivity contribution in [1.29, 1.82) is 0 Å². The van der Waals surface area contributed by atoms with Gasteiger partial charge in [-0.1, -0.05) is 6.92 Å². The highest BCUT2D eigenvalue weighted by Crippen LogP contribution is 2.13. The molecule has 0 saturated carbocycles. The molecule has 0 radical (unpaired) electrons. The van der Waals surface area contributed by atoms with Crippen LogP contribution in [0.4, 0.5) is 5.69 Å². The van der Waals surface area contributed by atoms with Crippen LogP contribution in [0.25, 0.3) is 0 Å². The topological polar surface area (TPSA) is 81.4 Å². The molecule has 1 rings (SSSR count). The second-order valence-electron chi connectivity index (χ2n) is 5.75. The minimum Gasteiger partial charge on any atom is -0.462 e. The lowest BCUT2D eigenvalue weighted by atomic mass is 10.00. The van der Waals surface area contributed by atoms with Crippen molar-refractivity contribution in [2.45, 2.75) is 45.6 Å². The number of anilines is 1. The maximum absolute atomic E-state index is 11.8. The summed E-state index contributed by atoms with van der Waals surface area (Å²) in [4.78, 5) is 23.4. The van der Waals surface area contributed by atoms with E-state index in [9.17, 15) is 9.59 Å². The van der Waals surface area contributed by atoms with Crippen LogP contribution >= 0.6 is 0 Å². The lowest BCUT2D eigenvalue weighted by Gasteiger charge is -2.17. The van der Waals surface area contributed by atoms with Gasteiger partial charge >= 0.3 is 5.97 Å². The third-order valence-electron chi connectivity index (χ3n) is 2.84. The summed E-state index contributed by atoms with van der Waals surface area (Å²) in [7, 11) is 0. The molecular weight excluding hydrogens is 268 g/mol. The van der Waals surface area contributed by atoms with E-state index in [0.29, 0.717) is 30.7 Å². The van der Waals surface area contributed by atoms with E-state index < -0.39 is 0 Å². The van der Waals surface area contributed by atoms with Gasteiger partial charge in [0.25, 0.3) is 0 Å². The Labute approximate surface area is 125 Å². The molecule has 0 heterocycles. The van der Waals surface area contributed by atoms with Crippen molar-refractivity contribution in [3.63, 3.8) is 0 Å². The van der Waals surface area contributed by atoms with E-state index in [4.69, 9.17) is 10.5 Å². The van der Waals surface area contributed by atoms with Crippen LogP contribution < -0.4 is 11.1 Å². The highest BCUT2D eigenvalue weighted by atomic mass is 16.5. The molecule has 116 valence electrons. The highest BCUT2D eigenvalue weighted by molar-refractivity contribution is 5.93. The molecule has 0 aromatic heterocycles. The zero-order chi connectivity index (χ0) is 15.9. The summed E-state index contributed by atoms with van der Waals surface area (Å²) < 4.78 is 5.03. The van der Waals surface area contributed by atoms with Gasteiger partial charge in [0.2, 0.25) is 5.91 Å². The van der Waals surface area contributed by atoms with Crippen LogP contribution in [0.15, 0.2) is 24.3 Å². The normalized spacial score (nSPS) is 11.0. The second kappa shape index (κ2) is 7.78. The van der Waals surface area contributed by atoms with Crippen molar-refractivity contribution >= 4 is 17.6 Å². The van der Waals surface area contributed by atoms with Crippen LogP contribution in [-0.2, 0) is 9.53 Å². The molecule has 0 aliphatic carbocycles. The Morgan fingerprint density at radius 1 is 1.24 bits per heavy atom. The Morgan fingerprint density at radius 3 is 2.38 bits per heavy atom. The number of nitrogens with two attached hydrogens (primary N) is 1. The monoisotopic (exact) mass is 292 g/mol. The summed E-state index contributed by atoms with van der Waals surface area (Å²) in [6.45, 7) is 6.12. The van der Waals surface area contributed by atoms with E-state index in [-0.39, 0.29) is 17.4 Å². The van der Waals surface area contributed by atoms with Crippen LogP contribution in [-0.4, -0.2) is 24.0 Å². The first-order valence-corrected chi connectivity index (χ1v) is 7.18. The summed E-state index contributed by atoms with van der Waals surface area (Å²) in [6, 6.07) is 6.66. The molecule has 0 aliphatic rings. The van der Waals surface area contributed by atoms with Crippen LogP contribution in [0.5, 0.6) is 0 Å². The molecular formula is C16H24N2O3. The van der Waals surface area contributed by atoms with Crippen LogP contribution in [0.3, 0.4) is 0 Å². The van der Waals surface area contributed by atoms with Crippen molar-refractivity contribution in [3.05, 3.63) is 29.8 Å². The Balaban J connectivity index is 2.51. The summed E-state index contributed by atoms with van der Waals surface area (Å²) in [6.07, 6.45) is 1.77. The first kappa shape index (κ1) is 17.2. The number of carbonyl (C=O) groups excluding carboxylic acids is 2. The molecule has 0 saturated heterocycles. The maximum Gasteiger partial charge on any atom is 0.338 e. The van der Waals surface area contributed by atoms with Gasteiger partial charge in [0, 0.05) is 17.6 Å². The molecule has 0 aliphatic heterocycles. The maximum atomic E-state index is 11.8. The Hall–Kier alpha value is -1.88. The SMILES string of the molecule is CCCOC(=O)c1ccc(NC(=O)CCC(C)(C)N)cc1. The number of hydrogen-bond donors (Lipinski definition) is 2. The average Bonchev–Trinajstić information content (AvgIpc) is 2.42. The molecule has 0 unspecified atom stereocenters. The fourth-order valence-corrected chi connectivity index (χ4v) is 1.63. The van der Waals surface area contributed by atoms with Crippen molar-refractivity contribution in [3.8, 4) is 0 Å². The minimum absolute atomic E-state index is 0.0881. The van der Waals surface area contributed by atoms with Crippen LogP contribution in [0.1, 0.15) is 50.4 Å². The highest BCUT2D eigenvalue weighted by Gasteiger charge is 2.13. The molecule has 0 bridgehead atoms. The molecule has 1 aromatic carbocycles. The number of benzene rings is 1. The number of nitrogens with one attached hydrogen (secondary N) is 1. The molecule has 0 atom stereocenters. The van der Waals surface area contributed by atoms with Crippen LogP contribution in [0.2, 0.25) is 0 Å². The van der Waals surface area contributed by atoms with Crippen molar-refractivity contribution in [2.24, 2.45) is 5.73 Å². The quantitative estimate of drug-likeness (QED) is 0.757. The number of amides is 1. The van der Waals surface area contributed by atoms with Crippen LogP contribution in [0, 0.1) is 0 Å². The van der Waals surface area contributed by atoms with Crippen molar-refractivity contribution < 1.29 is 14.3 Å². The van der Waals surface area contributed by atoms with Crippen molar-refractivity contribution in [1.82, 2.24) is 0 Å². The van der Waals surface area contributed by atoms with Gasteiger partial charge in [0.15, 0.2) is 0 Å². The molecule has 5 nitrogen and oxygen atoms in total. The standard InChI is InChI=1S/C16H24N2O3/c1-4-11-21-15(20)12-5-7-13(8-6-12)18-14(19)9-10-16(2,3)17/h5-8H,4,9-11,17H2,1-3H3,(H,18,19). The van der Waals surface area contributed by atoms with Gasteiger partial charge < -0.3 is 15.8 Å². The summed E-state index contributed by atoms with van der Waals surface area (Å²) in [5.74, 6) is -0.436. The fourth-order valence-electron chi connectivity index (χ4n) is 1.63. The van der Waals surface area contributed by atoms with E-state index in [0.717, 1.165) is 6.42 Å². The first-order chi connectivity index (χ1) is 9.81. The number of ether oxygens (including phenoxy) is 1. The summed E-state index contributed by atoms with van der Waals surface area (Å²) >= 11 is 0. The summed E-state index contributed by atoms with van der Waals surface area (Å²) in [5.41, 5.74) is 6.61. The van der Waals surface area contributed by atoms with Gasteiger partial charge in [0.1, 0.15) is 0 Å². The van der Waals surface area contributed by atoms with Crippen molar-refractivity contribution in [2.75, 3.05) is 11.9 Å². The molecule has 0 fully saturated rings. The van der Waals surface area contributed by atoms with Gasteiger partial charge in [-0.05, 0) is 51.0 Å². The predicted molar refractivity (Wildman–Crippen MR) is 83.1 cm³/mol. The van der Waals surface area contributed by atoms with Gasteiger partial charge in [-0.25, -0.2) is 4.79 Å². The lowest BCUT2D eigenvalue weighted by molar-refractivity contribution is -0.116. The molecule has 0 spiro atoms. The Kier molecular flexibility index (Phi) is 6.37. The number of hydrogen-bond acceptors (Lipinski definition) is 4.